The molecule has 1 nitrogen and oxygen atoms in total. The van der Waals surface area contributed by atoms with Gasteiger partial charge in [0.15, 0.2) is 0 Å². The first-order valence-electron chi connectivity index (χ1n) is 6.39. The van der Waals surface area contributed by atoms with Crippen LogP contribution in [0.4, 0.5) is 0 Å². The Balaban J connectivity index is 2.66. The molecule has 1 fully saturated rings. The maximum absolute atomic E-state index is 8.47. The molecular formula is C13H28NP. The van der Waals surface area contributed by atoms with Crippen molar-refractivity contribution in [2.24, 2.45) is 11.8 Å². The third-order valence-corrected chi connectivity index (χ3v) is 6.67. The third-order valence-electron chi connectivity index (χ3n) is 3.72. The van der Waals surface area contributed by atoms with Crippen molar-refractivity contribution < 1.29 is 0 Å². The quantitative estimate of drug-likeness (QED) is 0.484. The van der Waals surface area contributed by atoms with Crippen molar-refractivity contribution in [3.8, 4) is 0 Å². The van der Waals surface area contributed by atoms with Gasteiger partial charge in [-0.3, -0.25) is 0 Å². The highest BCUT2D eigenvalue weighted by molar-refractivity contribution is 7.48. The topological polar surface area (TPSA) is 23.9 Å². The lowest BCUT2D eigenvalue weighted by molar-refractivity contribution is 0.423. The van der Waals surface area contributed by atoms with E-state index in [0.717, 1.165) is 17.5 Å². The number of hydrogen-bond acceptors (Lipinski definition) is 1. The summed E-state index contributed by atoms with van der Waals surface area (Å²) < 4.78 is 0. The van der Waals surface area contributed by atoms with Gasteiger partial charge in [-0.1, -0.05) is 41.0 Å². The molecule has 0 heterocycles. The molecule has 0 saturated heterocycles. The van der Waals surface area contributed by atoms with E-state index in [2.05, 4.69) is 34.6 Å². The van der Waals surface area contributed by atoms with Crippen LogP contribution in [-0.4, -0.2) is 10.8 Å². The van der Waals surface area contributed by atoms with Crippen molar-refractivity contribution in [2.75, 3.05) is 0 Å². The standard InChI is InChI=1S/C13H28NP/c1-10-6-7-12(9-11(2)8-10)15(14)13(3,4)5/h10-12,14-15H,6-9H2,1-5H3. The first-order valence-corrected chi connectivity index (χ1v) is 7.97. The highest BCUT2D eigenvalue weighted by atomic mass is 31.1. The van der Waals surface area contributed by atoms with E-state index in [1.165, 1.54) is 25.7 Å². The van der Waals surface area contributed by atoms with Crippen LogP contribution in [0.15, 0.2) is 0 Å². The van der Waals surface area contributed by atoms with Gasteiger partial charge in [0.25, 0.3) is 0 Å². The Labute approximate surface area is 96.3 Å². The van der Waals surface area contributed by atoms with Gasteiger partial charge >= 0.3 is 0 Å². The molecule has 15 heavy (non-hydrogen) atoms. The Morgan fingerprint density at radius 1 is 1.00 bits per heavy atom. The summed E-state index contributed by atoms with van der Waals surface area (Å²) in [6.07, 6.45) is 5.38. The number of rotatable bonds is 1. The van der Waals surface area contributed by atoms with Crippen LogP contribution in [-0.2, 0) is 0 Å². The monoisotopic (exact) mass is 229 g/mol. The summed E-state index contributed by atoms with van der Waals surface area (Å²) >= 11 is 0. The molecule has 1 aliphatic rings. The van der Waals surface area contributed by atoms with Gasteiger partial charge in [-0.2, -0.15) is 0 Å². The molecule has 1 N–H and O–H groups in total. The minimum atomic E-state index is -0.934. The molecule has 0 spiro atoms. The van der Waals surface area contributed by atoms with Gasteiger partial charge in [0.1, 0.15) is 0 Å². The van der Waals surface area contributed by atoms with Crippen molar-refractivity contribution in [2.45, 2.75) is 71.1 Å². The summed E-state index contributed by atoms with van der Waals surface area (Å²) in [5, 5.41) is 8.73. The molecule has 4 atom stereocenters. The molecule has 0 amide bonds. The summed E-state index contributed by atoms with van der Waals surface area (Å²) in [5.74, 6) is 1.74. The van der Waals surface area contributed by atoms with Gasteiger partial charge in [0.05, 0.1) is 0 Å². The SMILES string of the molecule is CC1CCC([PH](=N)C(C)(C)C)CC(C)C1. The third kappa shape index (κ3) is 3.94. The predicted octanol–water partition coefficient (Wildman–Crippen LogP) is 4.98. The zero-order valence-electron chi connectivity index (χ0n) is 11.1. The van der Waals surface area contributed by atoms with Crippen LogP contribution in [0.5, 0.6) is 0 Å². The van der Waals surface area contributed by atoms with E-state index in [1.807, 2.05) is 0 Å². The Morgan fingerprint density at radius 2 is 1.60 bits per heavy atom. The van der Waals surface area contributed by atoms with Crippen LogP contribution in [0.25, 0.3) is 0 Å². The van der Waals surface area contributed by atoms with E-state index in [9.17, 15) is 0 Å². The van der Waals surface area contributed by atoms with Crippen LogP contribution in [0.1, 0.15) is 60.3 Å². The van der Waals surface area contributed by atoms with E-state index in [1.54, 1.807) is 0 Å². The van der Waals surface area contributed by atoms with Crippen molar-refractivity contribution in [3.63, 3.8) is 0 Å². The van der Waals surface area contributed by atoms with Gasteiger partial charge in [-0.15, -0.1) is 0 Å². The van der Waals surface area contributed by atoms with E-state index in [4.69, 9.17) is 5.16 Å². The fourth-order valence-electron chi connectivity index (χ4n) is 2.86. The maximum Gasteiger partial charge on any atom is -0.00558 e. The second-order valence-corrected chi connectivity index (χ2v) is 9.76. The van der Waals surface area contributed by atoms with Gasteiger partial charge in [-0.25, -0.2) is 0 Å². The normalized spacial score (nSPS) is 35.9. The molecule has 2 heteroatoms. The average molecular weight is 229 g/mol. The first-order chi connectivity index (χ1) is 6.80. The Hall–Kier alpha value is 0.230. The highest BCUT2D eigenvalue weighted by Crippen LogP contribution is 2.49. The van der Waals surface area contributed by atoms with Crippen molar-refractivity contribution in [3.05, 3.63) is 0 Å². The number of nitrogens with one attached hydrogen (secondary N) is 1. The molecule has 1 rings (SSSR count). The summed E-state index contributed by atoms with van der Waals surface area (Å²) in [4.78, 5) is 0. The maximum atomic E-state index is 8.47. The fourth-order valence-corrected chi connectivity index (χ4v) is 5.18. The summed E-state index contributed by atoms with van der Waals surface area (Å²) in [7, 11) is -0.934. The minimum Gasteiger partial charge on any atom is -0.321 e. The molecule has 4 unspecified atom stereocenters. The van der Waals surface area contributed by atoms with Gasteiger partial charge < -0.3 is 5.16 Å². The van der Waals surface area contributed by atoms with Gasteiger partial charge in [0.2, 0.25) is 0 Å². The van der Waals surface area contributed by atoms with E-state index >= 15 is 0 Å². The molecule has 0 radical (unpaired) electrons. The molecule has 0 aromatic carbocycles. The average Bonchev–Trinajstić information content (AvgIpc) is 2.23. The lowest BCUT2D eigenvalue weighted by atomic mass is 9.96. The molecule has 90 valence electrons. The Bertz CT molecular complexity index is 229. The fraction of sp³-hybridized carbons (Fsp3) is 1.00. The Morgan fingerprint density at radius 3 is 2.13 bits per heavy atom. The van der Waals surface area contributed by atoms with E-state index in [0.29, 0.717) is 0 Å². The summed E-state index contributed by atoms with van der Waals surface area (Å²) in [6, 6.07) is 0. The second kappa shape index (κ2) is 5.04. The van der Waals surface area contributed by atoms with E-state index in [-0.39, 0.29) is 5.16 Å². The lowest BCUT2D eigenvalue weighted by Crippen LogP contribution is -2.16. The zero-order valence-corrected chi connectivity index (χ0v) is 12.1. The van der Waals surface area contributed by atoms with Crippen molar-refractivity contribution in [1.82, 2.24) is 0 Å². The number of hydrogen-bond donors (Lipinski definition) is 1. The van der Waals surface area contributed by atoms with Crippen LogP contribution < -0.4 is 0 Å². The van der Waals surface area contributed by atoms with Crippen LogP contribution in [0, 0.1) is 17.0 Å². The zero-order chi connectivity index (χ0) is 11.6. The molecule has 1 saturated carbocycles. The predicted molar refractivity (Wildman–Crippen MR) is 71.4 cm³/mol. The molecular weight excluding hydrogens is 201 g/mol. The second-order valence-electron chi connectivity index (χ2n) is 6.62. The molecule has 0 aromatic rings. The first kappa shape index (κ1) is 13.3. The molecule has 0 aromatic heterocycles. The van der Waals surface area contributed by atoms with Crippen molar-refractivity contribution >= 4 is 7.71 Å². The Kier molecular flexibility index (Phi) is 4.47. The highest BCUT2D eigenvalue weighted by Gasteiger charge is 2.28. The van der Waals surface area contributed by atoms with Crippen LogP contribution in [0.2, 0.25) is 0 Å². The van der Waals surface area contributed by atoms with Gasteiger partial charge in [-0.05, 0) is 49.6 Å². The van der Waals surface area contributed by atoms with Crippen molar-refractivity contribution in [1.29, 1.82) is 5.16 Å². The lowest BCUT2D eigenvalue weighted by Gasteiger charge is -2.29. The largest absolute Gasteiger partial charge is 0.321 e. The van der Waals surface area contributed by atoms with Gasteiger partial charge in [0, 0.05) is 0 Å². The molecule has 0 bridgehead atoms. The van der Waals surface area contributed by atoms with E-state index < -0.39 is 7.71 Å². The smallest absolute Gasteiger partial charge is 0.00558 e. The molecule has 0 aliphatic heterocycles. The summed E-state index contributed by atoms with van der Waals surface area (Å²) in [6.45, 7) is 11.5. The minimum absolute atomic E-state index is 0.253. The van der Waals surface area contributed by atoms with Crippen LogP contribution in [0.3, 0.4) is 0 Å². The van der Waals surface area contributed by atoms with Crippen LogP contribution >= 0.6 is 7.71 Å². The summed E-state index contributed by atoms with van der Waals surface area (Å²) in [5.41, 5.74) is 0.731. The molecule has 1 aliphatic carbocycles.